The van der Waals surface area contributed by atoms with Gasteiger partial charge in [-0.05, 0) is 25.3 Å². The number of hydrogen-bond donors (Lipinski definition) is 2. The van der Waals surface area contributed by atoms with Gasteiger partial charge in [-0.25, -0.2) is 9.37 Å². The maximum Gasteiger partial charge on any atom is 0.224 e. The largest absolute Gasteiger partial charge is 0.365 e. The van der Waals surface area contributed by atoms with Crippen molar-refractivity contribution in [3.8, 4) is 0 Å². The molecule has 1 atom stereocenters. The lowest BCUT2D eigenvalue weighted by atomic mass is 10.2. The highest BCUT2D eigenvalue weighted by atomic mass is 32.1. The summed E-state index contributed by atoms with van der Waals surface area (Å²) in [7, 11) is 0. The molecule has 6 heteroatoms. The van der Waals surface area contributed by atoms with E-state index in [2.05, 4.69) is 26.7 Å². The van der Waals surface area contributed by atoms with Crippen molar-refractivity contribution in [2.75, 3.05) is 17.2 Å². The van der Waals surface area contributed by atoms with E-state index < -0.39 is 5.82 Å². The van der Waals surface area contributed by atoms with Gasteiger partial charge in [0.2, 0.25) is 5.95 Å². The maximum atomic E-state index is 13.6. The van der Waals surface area contributed by atoms with E-state index in [1.54, 1.807) is 11.3 Å². The molecule has 19 heavy (non-hydrogen) atoms. The number of halogens is 1. The van der Waals surface area contributed by atoms with Crippen molar-refractivity contribution in [2.24, 2.45) is 0 Å². The van der Waals surface area contributed by atoms with E-state index in [1.807, 2.05) is 25.3 Å². The van der Waals surface area contributed by atoms with Crippen LogP contribution in [0.15, 0.2) is 23.7 Å². The van der Waals surface area contributed by atoms with Crippen LogP contribution in [0.2, 0.25) is 0 Å². The van der Waals surface area contributed by atoms with Crippen molar-refractivity contribution < 1.29 is 4.39 Å². The summed E-state index contributed by atoms with van der Waals surface area (Å²) < 4.78 is 13.6. The molecular formula is C13H17FN4S. The van der Waals surface area contributed by atoms with Crippen LogP contribution in [-0.2, 0) is 6.42 Å². The second-order valence-electron chi connectivity index (χ2n) is 4.25. The molecule has 2 aromatic heterocycles. The topological polar surface area (TPSA) is 49.8 Å². The Hall–Kier alpha value is -1.69. The Bertz CT molecular complexity index is 515. The summed E-state index contributed by atoms with van der Waals surface area (Å²) in [4.78, 5) is 9.27. The van der Waals surface area contributed by atoms with Crippen molar-refractivity contribution >= 4 is 23.1 Å². The highest BCUT2D eigenvalue weighted by Crippen LogP contribution is 2.16. The van der Waals surface area contributed by atoms with Crippen molar-refractivity contribution in [2.45, 2.75) is 26.3 Å². The van der Waals surface area contributed by atoms with Crippen LogP contribution in [0.1, 0.15) is 18.7 Å². The Morgan fingerprint density at radius 3 is 3.00 bits per heavy atom. The maximum absolute atomic E-state index is 13.6. The smallest absolute Gasteiger partial charge is 0.224 e. The Morgan fingerprint density at radius 1 is 1.47 bits per heavy atom. The predicted molar refractivity (Wildman–Crippen MR) is 77.3 cm³/mol. The lowest BCUT2D eigenvalue weighted by molar-refractivity contribution is 0.612. The molecule has 0 bridgehead atoms. The Balaban J connectivity index is 2.02. The summed E-state index contributed by atoms with van der Waals surface area (Å²) in [5.74, 6) is 0.254. The van der Waals surface area contributed by atoms with E-state index in [4.69, 9.17) is 0 Å². The predicted octanol–water partition coefficient (Wildman–Crippen LogP) is 3.15. The minimum Gasteiger partial charge on any atom is -0.365 e. The van der Waals surface area contributed by atoms with Crippen LogP contribution in [0.25, 0.3) is 0 Å². The molecule has 0 spiro atoms. The number of anilines is 2. The van der Waals surface area contributed by atoms with Crippen molar-refractivity contribution in [1.82, 2.24) is 9.97 Å². The molecule has 2 rings (SSSR count). The highest BCUT2D eigenvalue weighted by Gasteiger charge is 2.10. The molecule has 0 fully saturated rings. The summed E-state index contributed by atoms with van der Waals surface area (Å²) in [6, 6.07) is 4.20. The van der Waals surface area contributed by atoms with Crippen molar-refractivity contribution in [3.63, 3.8) is 0 Å². The van der Waals surface area contributed by atoms with E-state index in [1.165, 1.54) is 11.1 Å². The van der Waals surface area contributed by atoms with E-state index in [9.17, 15) is 4.39 Å². The molecule has 0 saturated heterocycles. The Labute approximate surface area is 116 Å². The monoisotopic (exact) mass is 280 g/mol. The normalized spacial score (nSPS) is 12.2. The van der Waals surface area contributed by atoms with Gasteiger partial charge >= 0.3 is 0 Å². The molecule has 2 N–H and O–H groups in total. The Kier molecular flexibility index (Phi) is 4.68. The standard InChI is InChI=1S/C13H17FN4S/c1-3-15-13-16-8-11(14)12(18-13)17-9(2)7-10-5-4-6-19-10/h4-6,8-9H,3,7H2,1-2H3,(H2,15,16,17,18). The highest BCUT2D eigenvalue weighted by molar-refractivity contribution is 7.09. The van der Waals surface area contributed by atoms with E-state index in [0.717, 1.165) is 6.42 Å². The van der Waals surface area contributed by atoms with Crippen molar-refractivity contribution in [1.29, 1.82) is 0 Å². The van der Waals surface area contributed by atoms with Gasteiger partial charge in [0.1, 0.15) is 0 Å². The fraction of sp³-hybridized carbons (Fsp3) is 0.385. The fourth-order valence-corrected chi connectivity index (χ4v) is 2.56. The number of thiophene rings is 1. The lowest BCUT2D eigenvalue weighted by Crippen LogP contribution is -2.20. The quantitative estimate of drug-likeness (QED) is 0.853. The third-order valence-electron chi connectivity index (χ3n) is 2.55. The third kappa shape index (κ3) is 3.89. The van der Waals surface area contributed by atoms with Gasteiger partial charge in [-0.15, -0.1) is 11.3 Å². The van der Waals surface area contributed by atoms with Gasteiger partial charge in [-0.3, -0.25) is 0 Å². The number of aromatic nitrogens is 2. The molecule has 1 unspecified atom stereocenters. The summed E-state index contributed by atoms with van der Waals surface area (Å²) in [5.41, 5.74) is 0. The number of hydrogen-bond acceptors (Lipinski definition) is 5. The first-order valence-electron chi connectivity index (χ1n) is 6.24. The van der Waals surface area contributed by atoms with Gasteiger partial charge in [0, 0.05) is 23.9 Å². The minimum absolute atomic E-state index is 0.109. The van der Waals surface area contributed by atoms with Gasteiger partial charge in [0.25, 0.3) is 0 Å². The van der Waals surface area contributed by atoms with Crippen LogP contribution >= 0.6 is 11.3 Å². The van der Waals surface area contributed by atoms with Crippen LogP contribution in [0.3, 0.4) is 0 Å². The summed E-state index contributed by atoms with van der Waals surface area (Å²) in [6.45, 7) is 4.66. The van der Waals surface area contributed by atoms with Gasteiger partial charge in [0.05, 0.1) is 6.20 Å². The average Bonchev–Trinajstić information content (AvgIpc) is 2.86. The average molecular weight is 280 g/mol. The molecule has 0 aliphatic carbocycles. The molecule has 0 aliphatic rings. The van der Waals surface area contributed by atoms with Gasteiger partial charge in [0.15, 0.2) is 11.6 Å². The molecule has 0 saturated carbocycles. The van der Waals surface area contributed by atoms with Crippen molar-refractivity contribution in [3.05, 3.63) is 34.4 Å². The molecule has 102 valence electrons. The first-order valence-corrected chi connectivity index (χ1v) is 7.12. The molecule has 0 aliphatic heterocycles. The third-order valence-corrected chi connectivity index (χ3v) is 3.45. The molecule has 0 radical (unpaired) electrons. The van der Waals surface area contributed by atoms with Crippen LogP contribution in [0, 0.1) is 5.82 Å². The molecule has 4 nitrogen and oxygen atoms in total. The van der Waals surface area contributed by atoms with E-state index in [0.29, 0.717) is 12.5 Å². The zero-order chi connectivity index (χ0) is 13.7. The fourth-order valence-electron chi connectivity index (χ4n) is 1.73. The van der Waals surface area contributed by atoms with Gasteiger partial charge < -0.3 is 10.6 Å². The molecule has 2 heterocycles. The summed E-state index contributed by atoms with van der Waals surface area (Å²) in [5, 5.41) is 8.09. The molecular weight excluding hydrogens is 263 g/mol. The second kappa shape index (κ2) is 6.47. The van der Waals surface area contributed by atoms with Crippen LogP contribution < -0.4 is 10.6 Å². The molecule has 2 aromatic rings. The van der Waals surface area contributed by atoms with E-state index in [-0.39, 0.29) is 11.9 Å². The van der Waals surface area contributed by atoms with Crippen LogP contribution in [0.5, 0.6) is 0 Å². The number of nitrogens with one attached hydrogen (secondary N) is 2. The van der Waals surface area contributed by atoms with Gasteiger partial charge in [-0.2, -0.15) is 4.98 Å². The SMILES string of the molecule is CCNc1ncc(F)c(NC(C)Cc2cccs2)n1. The zero-order valence-electron chi connectivity index (χ0n) is 11.0. The lowest BCUT2D eigenvalue weighted by Gasteiger charge is -2.14. The summed E-state index contributed by atoms with van der Waals surface area (Å²) in [6.07, 6.45) is 2.03. The first-order chi connectivity index (χ1) is 9.19. The number of nitrogens with zero attached hydrogens (tertiary/aromatic N) is 2. The van der Waals surface area contributed by atoms with Crippen LogP contribution in [-0.4, -0.2) is 22.6 Å². The molecule has 0 aromatic carbocycles. The number of rotatable bonds is 6. The molecule has 0 amide bonds. The second-order valence-corrected chi connectivity index (χ2v) is 5.28. The Morgan fingerprint density at radius 2 is 2.32 bits per heavy atom. The van der Waals surface area contributed by atoms with Gasteiger partial charge in [-0.1, -0.05) is 6.07 Å². The minimum atomic E-state index is -0.431. The first kappa shape index (κ1) is 13.7. The summed E-state index contributed by atoms with van der Waals surface area (Å²) >= 11 is 1.70. The van der Waals surface area contributed by atoms with Crippen LogP contribution in [0.4, 0.5) is 16.2 Å². The zero-order valence-corrected chi connectivity index (χ0v) is 11.8. The van der Waals surface area contributed by atoms with E-state index >= 15 is 0 Å².